The van der Waals surface area contributed by atoms with Gasteiger partial charge in [-0.1, -0.05) is 22.0 Å². The first-order valence-corrected chi connectivity index (χ1v) is 6.45. The van der Waals surface area contributed by atoms with Crippen molar-refractivity contribution in [2.45, 2.75) is 22.7 Å². The summed E-state index contributed by atoms with van der Waals surface area (Å²) < 4.78 is 37.4. The summed E-state index contributed by atoms with van der Waals surface area (Å²) in [5, 5.41) is -1.09. The molecule has 1 unspecified atom stereocenters. The Balaban J connectivity index is 3.22. The highest BCUT2D eigenvalue weighted by molar-refractivity contribution is 9.10. The van der Waals surface area contributed by atoms with Crippen molar-refractivity contribution >= 4 is 45.1 Å². The van der Waals surface area contributed by atoms with E-state index in [2.05, 4.69) is 15.9 Å². The van der Waals surface area contributed by atoms with Crippen molar-refractivity contribution < 1.29 is 18.0 Å². The largest absolute Gasteiger partial charge is 0.446 e. The summed E-state index contributed by atoms with van der Waals surface area (Å²) in [5.41, 5.74) is -4.26. The monoisotopic (exact) mass is 346 g/mol. The lowest BCUT2D eigenvalue weighted by Gasteiger charge is -2.15. The van der Waals surface area contributed by atoms with E-state index in [1.807, 2.05) is 0 Å². The Kier molecular flexibility index (Phi) is 4.92. The minimum atomic E-state index is -4.41. The number of thioether (sulfide) groups is 1. The molecule has 1 rings (SSSR count). The molecule has 0 aromatic heterocycles. The molecule has 0 bridgehead atoms. The SMILES string of the molecule is CC(=O)C(Cl)c1c(Br)cccc1SC(F)(F)F. The van der Waals surface area contributed by atoms with Gasteiger partial charge in [0.25, 0.3) is 0 Å². The van der Waals surface area contributed by atoms with Crippen LogP contribution in [0.1, 0.15) is 17.9 Å². The van der Waals surface area contributed by atoms with E-state index < -0.39 is 16.7 Å². The average Bonchev–Trinajstić information content (AvgIpc) is 2.14. The number of ketones is 1. The number of rotatable bonds is 3. The van der Waals surface area contributed by atoms with Crippen LogP contribution in [-0.4, -0.2) is 11.3 Å². The molecule has 1 aromatic rings. The predicted octanol–water partition coefficient (Wildman–Crippen LogP) is 4.93. The Labute approximate surface area is 114 Å². The van der Waals surface area contributed by atoms with Gasteiger partial charge in [0.2, 0.25) is 0 Å². The first-order valence-electron chi connectivity index (χ1n) is 4.41. The lowest BCUT2D eigenvalue weighted by molar-refractivity contribution is -0.116. The Morgan fingerprint density at radius 3 is 2.53 bits per heavy atom. The molecule has 0 aliphatic heterocycles. The third-order valence-corrected chi connectivity index (χ3v) is 3.87. The van der Waals surface area contributed by atoms with E-state index in [9.17, 15) is 18.0 Å². The highest BCUT2D eigenvalue weighted by atomic mass is 79.9. The van der Waals surface area contributed by atoms with Crippen molar-refractivity contribution in [1.29, 1.82) is 0 Å². The van der Waals surface area contributed by atoms with E-state index >= 15 is 0 Å². The van der Waals surface area contributed by atoms with Crippen LogP contribution in [0.4, 0.5) is 13.2 Å². The van der Waals surface area contributed by atoms with Crippen LogP contribution in [0.25, 0.3) is 0 Å². The van der Waals surface area contributed by atoms with Crippen LogP contribution >= 0.6 is 39.3 Å². The fourth-order valence-corrected chi connectivity index (χ4v) is 3.07. The Morgan fingerprint density at radius 2 is 2.06 bits per heavy atom. The van der Waals surface area contributed by atoms with E-state index in [0.717, 1.165) is 0 Å². The van der Waals surface area contributed by atoms with Gasteiger partial charge in [-0.2, -0.15) is 13.2 Å². The number of carbonyl (C=O) groups is 1. The van der Waals surface area contributed by atoms with Crippen LogP contribution in [0.2, 0.25) is 0 Å². The minimum Gasteiger partial charge on any atom is -0.298 e. The quantitative estimate of drug-likeness (QED) is 0.569. The summed E-state index contributed by atoms with van der Waals surface area (Å²) in [4.78, 5) is 11.1. The zero-order valence-electron chi connectivity index (χ0n) is 8.52. The van der Waals surface area contributed by atoms with Gasteiger partial charge in [-0.3, -0.25) is 4.79 Å². The molecular weight excluding hydrogens is 341 g/mol. The maximum Gasteiger partial charge on any atom is 0.446 e. The van der Waals surface area contributed by atoms with Gasteiger partial charge in [-0.05, 0) is 30.8 Å². The third kappa shape index (κ3) is 4.19. The number of carbonyl (C=O) groups excluding carboxylic acids is 1. The molecule has 0 N–H and O–H groups in total. The van der Waals surface area contributed by atoms with Crippen molar-refractivity contribution in [2.24, 2.45) is 0 Å². The molecule has 0 saturated heterocycles. The number of alkyl halides is 4. The summed E-state index contributed by atoms with van der Waals surface area (Å²) in [6, 6.07) is 4.30. The number of benzene rings is 1. The average molecular weight is 348 g/mol. The lowest BCUT2D eigenvalue weighted by atomic mass is 10.1. The Morgan fingerprint density at radius 1 is 1.47 bits per heavy atom. The van der Waals surface area contributed by atoms with Crippen LogP contribution in [-0.2, 0) is 4.79 Å². The standard InChI is InChI=1S/C10H7BrClF3OS/c1-5(16)9(12)8-6(11)3-2-4-7(8)17-10(13,14)15/h2-4,9H,1H3. The molecule has 1 nitrogen and oxygen atoms in total. The van der Waals surface area contributed by atoms with Gasteiger partial charge in [-0.25, -0.2) is 0 Å². The van der Waals surface area contributed by atoms with Gasteiger partial charge >= 0.3 is 5.51 Å². The first-order chi connectivity index (χ1) is 7.72. The molecule has 1 aromatic carbocycles. The molecule has 0 aliphatic rings. The zero-order chi connectivity index (χ0) is 13.2. The maximum absolute atomic E-state index is 12.3. The molecule has 0 fully saturated rings. The summed E-state index contributed by atoms with van der Waals surface area (Å²) in [5.74, 6) is -0.400. The van der Waals surface area contributed by atoms with Crippen molar-refractivity contribution in [3.05, 3.63) is 28.2 Å². The molecular formula is C10H7BrClF3OS. The van der Waals surface area contributed by atoms with Gasteiger partial charge in [0.15, 0.2) is 5.78 Å². The van der Waals surface area contributed by atoms with E-state index in [1.165, 1.54) is 19.1 Å². The van der Waals surface area contributed by atoms with Gasteiger partial charge in [0.05, 0.1) is 0 Å². The molecule has 0 amide bonds. The summed E-state index contributed by atoms with van der Waals surface area (Å²) in [7, 11) is 0. The van der Waals surface area contributed by atoms with Crippen molar-refractivity contribution in [3.63, 3.8) is 0 Å². The zero-order valence-corrected chi connectivity index (χ0v) is 11.7. The van der Waals surface area contributed by atoms with Gasteiger partial charge in [-0.15, -0.1) is 11.6 Å². The van der Waals surface area contributed by atoms with Crippen molar-refractivity contribution in [3.8, 4) is 0 Å². The summed E-state index contributed by atoms with van der Waals surface area (Å²) in [6.07, 6.45) is 0. The molecule has 0 spiro atoms. The first kappa shape index (κ1) is 14.9. The molecule has 0 aliphatic carbocycles. The summed E-state index contributed by atoms with van der Waals surface area (Å²) >= 11 is 8.65. The second-order valence-electron chi connectivity index (χ2n) is 3.17. The number of halogens is 5. The number of hydrogen-bond donors (Lipinski definition) is 0. The second kappa shape index (κ2) is 5.63. The van der Waals surface area contributed by atoms with Crippen LogP contribution in [0.5, 0.6) is 0 Å². The van der Waals surface area contributed by atoms with Gasteiger partial charge in [0.1, 0.15) is 5.38 Å². The van der Waals surface area contributed by atoms with Crippen molar-refractivity contribution in [1.82, 2.24) is 0 Å². The molecule has 94 valence electrons. The third-order valence-electron chi connectivity index (χ3n) is 1.85. The van der Waals surface area contributed by atoms with E-state index in [4.69, 9.17) is 11.6 Å². The van der Waals surface area contributed by atoms with Crippen LogP contribution in [0.3, 0.4) is 0 Å². The Hall–Kier alpha value is -0.200. The Bertz CT molecular complexity index is 436. The van der Waals surface area contributed by atoms with E-state index in [-0.39, 0.29) is 22.2 Å². The van der Waals surface area contributed by atoms with Gasteiger partial charge in [0, 0.05) is 14.9 Å². The minimum absolute atomic E-state index is 0.0675. The van der Waals surface area contributed by atoms with Crippen LogP contribution in [0, 0.1) is 0 Å². The fourth-order valence-electron chi connectivity index (χ4n) is 1.18. The van der Waals surface area contributed by atoms with Crippen LogP contribution < -0.4 is 0 Å². The molecule has 0 radical (unpaired) electrons. The fraction of sp³-hybridized carbons (Fsp3) is 0.300. The molecule has 0 heterocycles. The van der Waals surface area contributed by atoms with E-state index in [1.54, 1.807) is 6.07 Å². The normalized spacial score (nSPS) is 13.5. The molecule has 17 heavy (non-hydrogen) atoms. The smallest absolute Gasteiger partial charge is 0.298 e. The van der Waals surface area contributed by atoms with E-state index in [0.29, 0.717) is 4.47 Å². The predicted molar refractivity (Wildman–Crippen MR) is 65.3 cm³/mol. The number of hydrogen-bond acceptors (Lipinski definition) is 2. The van der Waals surface area contributed by atoms with Crippen LogP contribution in [0.15, 0.2) is 27.6 Å². The maximum atomic E-state index is 12.3. The summed E-state index contributed by atoms with van der Waals surface area (Å²) in [6.45, 7) is 1.24. The highest BCUT2D eigenvalue weighted by Crippen LogP contribution is 2.43. The topological polar surface area (TPSA) is 17.1 Å². The number of Topliss-reactive ketones (excluding diaryl/α,β-unsaturated/α-hetero) is 1. The lowest BCUT2D eigenvalue weighted by Crippen LogP contribution is -2.07. The molecule has 7 heteroatoms. The highest BCUT2D eigenvalue weighted by Gasteiger charge is 2.32. The molecule has 1 atom stereocenters. The molecule has 0 saturated carbocycles. The van der Waals surface area contributed by atoms with Gasteiger partial charge < -0.3 is 0 Å². The van der Waals surface area contributed by atoms with Crippen molar-refractivity contribution in [2.75, 3.05) is 0 Å². The second-order valence-corrected chi connectivity index (χ2v) is 5.57.